The van der Waals surface area contributed by atoms with Gasteiger partial charge in [0.2, 0.25) is 0 Å². The van der Waals surface area contributed by atoms with Crippen molar-refractivity contribution in [2.75, 3.05) is 7.11 Å². The maximum absolute atomic E-state index is 4.74. The molecule has 0 aromatic carbocycles. The number of hydrogen-bond acceptors (Lipinski definition) is 2. The minimum atomic E-state index is 0.525. The molecule has 0 fully saturated rings. The molecular formula is C4H5BrN2O. The lowest BCUT2D eigenvalue weighted by atomic mass is 11.0. The molecule has 0 atom stereocenters. The average molecular weight is 177 g/mol. The molecule has 1 heterocycles. The van der Waals surface area contributed by atoms with Crippen molar-refractivity contribution in [3.8, 4) is 6.01 Å². The van der Waals surface area contributed by atoms with E-state index in [-0.39, 0.29) is 0 Å². The van der Waals surface area contributed by atoms with Gasteiger partial charge in [0.25, 0.3) is 6.01 Å². The number of nitrogens with zero attached hydrogens (tertiary/aromatic N) is 1. The first-order chi connectivity index (χ1) is 3.83. The van der Waals surface area contributed by atoms with Crippen LogP contribution in [0, 0.1) is 0 Å². The molecule has 0 radical (unpaired) electrons. The SMILES string of the molecule is COc1ncc(Br)[nH]1. The fourth-order valence-electron chi connectivity index (χ4n) is 0.386. The van der Waals surface area contributed by atoms with Gasteiger partial charge in [-0.15, -0.1) is 0 Å². The van der Waals surface area contributed by atoms with Gasteiger partial charge in [0.05, 0.1) is 13.3 Å². The maximum Gasteiger partial charge on any atom is 0.294 e. The van der Waals surface area contributed by atoms with Crippen molar-refractivity contribution < 1.29 is 4.74 Å². The molecule has 4 heteroatoms. The molecular weight excluding hydrogens is 172 g/mol. The molecule has 0 saturated heterocycles. The largest absolute Gasteiger partial charge is 0.468 e. The van der Waals surface area contributed by atoms with Gasteiger partial charge in [-0.3, -0.25) is 0 Å². The van der Waals surface area contributed by atoms with Crippen LogP contribution in [-0.2, 0) is 0 Å². The monoisotopic (exact) mass is 176 g/mol. The van der Waals surface area contributed by atoms with Crippen LogP contribution in [0.4, 0.5) is 0 Å². The zero-order valence-electron chi connectivity index (χ0n) is 4.31. The number of ether oxygens (including phenoxy) is 1. The first-order valence-electron chi connectivity index (χ1n) is 2.07. The number of aromatic nitrogens is 2. The second-order valence-electron chi connectivity index (χ2n) is 1.24. The Morgan fingerprint density at radius 1 is 1.88 bits per heavy atom. The standard InChI is InChI=1S/C4H5BrN2O/c1-8-4-6-2-3(5)7-4/h2H,1H3,(H,6,7). The fourth-order valence-corrected chi connectivity index (χ4v) is 0.658. The number of imidazole rings is 1. The molecule has 1 N–H and O–H groups in total. The summed E-state index contributed by atoms with van der Waals surface area (Å²) in [6.07, 6.45) is 1.64. The van der Waals surface area contributed by atoms with E-state index in [1.165, 1.54) is 0 Å². The quantitative estimate of drug-likeness (QED) is 0.699. The van der Waals surface area contributed by atoms with E-state index < -0.39 is 0 Å². The molecule has 1 rings (SSSR count). The minimum absolute atomic E-state index is 0.525. The Balaban J connectivity index is 2.84. The third kappa shape index (κ3) is 1.01. The molecule has 0 amide bonds. The van der Waals surface area contributed by atoms with Crippen LogP contribution < -0.4 is 4.74 Å². The molecule has 0 aliphatic heterocycles. The Morgan fingerprint density at radius 3 is 2.88 bits per heavy atom. The van der Waals surface area contributed by atoms with Gasteiger partial charge >= 0.3 is 0 Å². The predicted molar refractivity (Wildman–Crippen MR) is 32.8 cm³/mol. The van der Waals surface area contributed by atoms with Crippen LogP contribution in [0.5, 0.6) is 6.01 Å². The molecule has 0 spiro atoms. The third-order valence-corrected chi connectivity index (χ3v) is 1.12. The van der Waals surface area contributed by atoms with Crippen molar-refractivity contribution in [2.24, 2.45) is 0 Å². The van der Waals surface area contributed by atoms with Crippen molar-refractivity contribution in [1.29, 1.82) is 0 Å². The van der Waals surface area contributed by atoms with Crippen molar-refractivity contribution in [2.45, 2.75) is 0 Å². The van der Waals surface area contributed by atoms with Gasteiger partial charge in [-0.2, -0.15) is 0 Å². The lowest BCUT2D eigenvalue weighted by Crippen LogP contribution is -1.82. The van der Waals surface area contributed by atoms with Crippen LogP contribution in [-0.4, -0.2) is 17.1 Å². The van der Waals surface area contributed by atoms with E-state index >= 15 is 0 Å². The van der Waals surface area contributed by atoms with Crippen LogP contribution in [0.3, 0.4) is 0 Å². The van der Waals surface area contributed by atoms with Gasteiger partial charge in [0, 0.05) is 0 Å². The van der Waals surface area contributed by atoms with Gasteiger partial charge in [-0.05, 0) is 15.9 Å². The lowest BCUT2D eigenvalue weighted by Gasteiger charge is -1.86. The van der Waals surface area contributed by atoms with E-state index in [0.29, 0.717) is 6.01 Å². The third-order valence-electron chi connectivity index (χ3n) is 0.715. The summed E-state index contributed by atoms with van der Waals surface area (Å²) in [5.41, 5.74) is 0. The van der Waals surface area contributed by atoms with Crippen LogP contribution in [0.1, 0.15) is 0 Å². The number of nitrogens with one attached hydrogen (secondary N) is 1. The molecule has 0 bridgehead atoms. The Bertz CT molecular complexity index is 174. The number of methoxy groups -OCH3 is 1. The van der Waals surface area contributed by atoms with Crippen LogP contribution in [0.15, 0.2) is 10.8 Å². The summed E-state index contributed by atoms with van der Waals surface area (Å²) in [5.74, 6) is 0. The van der Waals surface area contributed by atoms with E-state index in [0.717, 1.165) is 4.60 Å². The summed E-state index contributed by atoms with van der Waals surface area (Å²) in [6, 6.07) is 0.525. The second-order valence-corrected chi connectivity index (χ2v) is 2.09. The van der Waals surface area contributed by atoms with Gasteiger partial charge in [0.15, 0.2) is 0 Å². The average Bonchev–Trinajstić information content (AvgIpc) is 2.14. The normalized spacial score (nSPS) is 9.25. The van der Waals surface area contributed by atoms with Crippen molar-refractivity contribution in [1.82, 2.24) is 9.97 Å². The lowest BCUT2D eigenvalue weighted by molar-refractivity contribution is 0.384. The van der Waals surface area contributed by atoms with E-state index in [1.54, 1.807) is 13.3 Å². The highest BCUT2D eigenvalue weighted by Crippen LogP contribution is 2.08. The summed E-state index contributed by atoms with van der Waals surface area (Å²) in [4.78, 5) is 6.62. The molecule has 1 aromatic rings. The maximum atomic E-state index is 4.74. The van der Waals surface area contributed by atoms with E-state index in [9.17, 15) is 0 Å². The summed E-state index contributed by atoms with van der Waals surface area (Å²) < 4.78 is 5.57. The van der Waals surface area contributed by atoms with Gasteiger partial charge in [-0.25, -0.2) is 4.98 Å². The number of H-pyrrole nitrogens is 1. The highest BCUT2D eigenvalue weighted by atomic mass is 79.9. The molecule has 3 nitrogen and oxygen atoms in total. The molecule has 0 aliphatic carbocycles. The summed E-state index contributed by atoms with van der Waals surface area (Å²) in [5, 5.41) is 0. The first-order valence-corrected chi connectivity index (χ1v) is 2.86. The molecule has 44 valence electrons. The van der Waals surface area contributed by atoms with Crippen molar-refractivity contribution in [3.05, 3.63) is 10.8 Å². The number of aromatic amines is 1. The minimum Gasteiger partial charge on any atom is -0.468 e. The van der Waals surface area contributed by atoms with Gasteiger partial charge in [0.1, 0.15) is 4.60 Å². The zero-order valence-corrected chi connectivity index (χ0v) is 5.90. The Hall–Kier alpha value is -0.510. The Morgan fingerprint density at radius 2 is 2.62 bits per heavy atom. The first kappa shape index (κ1) is 5.62. The number of rotatable bonds is 1. The topological polar surface area (TPSA) is 37.9 Å². The molecule has 8 heavy (non-hydrogen) atoms. The van der Waals surface area contributed by atoms with Crippen LogP contribution in [0.25, 0.3) is 0 Å². The smallest absolute Gasteiger partial charge is 0.294 e. The van der Waals surface area contributed by atoms with E-state index in [1.807, 2.05) is 0 Å². The van der Waals surface area contributed by atoms with Crippen LogP contribution in [0.2, 0.25) is 0 Å². The highest BCUT2D eigenvalue weighted by Gasteiger charge is 1.92. The van der Waals surface area contributed by atoms with E-state index in [2.05, 4.69) is 25.9 Å². The highest BCUT2D eigenvalue weighted by molar-refractivity contribution is 9.10. The molecule has 0 saturated carbocycles. The van der Waals surface area contributed by atoms with E-state index in [4.69, 9.17) is 4.74 Å². The number of hydrogen-bond donors (Lipinski definition) is 1. The summed E-state index contributed by atoms with van der Waals surface area (Å²) in [6.45, 7) is 0. The second kappa shape index (κ2) is 2.17. The molecule has 0 aliphatic rings. The molecule has 1 aromatic heterocycles. The summed E-state index contributed by atoms with van der Waals surface area (Å²) in [7, 11) is 1.56. The van der Waals surface area contributed by atoms with Crippen LogP contribution >= 0.6 is 15.9 Å². The Labute approximate surface area is 55.2 Å². The molecule has 0 unspecified atom stereocenters. The predicted octanol–water partition coefficient (Wildman–Crippen LogP) is 1.18. The van der Waals surface area contributed by atoms with Gasteiger partial charge < -0.3 is 9.72 Å². The van der Waals surface area contributed by atoms with Crippen molar-refractivity contribution >= 4 is 15.9 Å². The fraction of sp³-hybridized carbons (Fsp3) is 0.250. The van der Waals surface area contributed by atoms with Gasteiger partial charge in [-0.1, -0.05) is 0 Å². The summed E-state index contributed by atoms with van der Waals surface area (Å²) >= 11 is 3.17. The number of halogens is 1. The van der Waals surface area contributed by atoms with Crippen molar-refractivity contribution in [3.63, 3.8) is 0 Å². The Kier molecular flexibility index (Phi) is 1.53. The zero-order chi connectivity index (χ0) is 5.98.